The number of aromatic hydroxyl groups is 1. The summed E-state index contributed by atoms with van der Waals surface area (Å²) in [5.41, 5.74) is 6.49. The number of aliphatic hydroxyl groups is 1. The maximum absolute atomic E-state index is 9.68. The fourth-order valence-corrected chi connectivity index (χ4v) is 3.58. The van der Waals surface area contributed by atoms with Gasteiger partial charge in [0.25, 0.3) is 0 Å². The Morgan fingerprint density at radius 3 is 2.40 bits per heavy atom. The largest absolute Gasteiger partial charge is 0.506 e. The molecule has 0 amide bonds. The number of nitrogens with two attached hydrogens (primary N) is 1. The lowest BCUT2D eigenvalue weighted by atomic mass is 10.1. The summed E-state index contributed by atoms with van der Waals surface area (Å²) in [4.78, 5) is 0. The second-order valence-corrected chi connectivity index (χ2v) is 5.63. The molecule has 1 unspecified atom stereocenters. The molecule has 15 heavy (non-hydrogen) atoms. The minimum absolute atomic E-state index is 0.0876. The molecule has 0 saturated carbocycles. The Morgan fingerprint density at radius 1 is 1.27 bits per heavy atom. The van der Waals surface area contributed by atoms with Gasteiger partial charge in [0.05, 0.1) is 15.6 Å². The summed E-state index contributed by atoms with van der Waals surface area (Å²) >= 11 is 9.90. The SMILES string of the molecule is NC(CO)Cc1c(Br)cc(Br)c(O)c1Br. The summed E-state index contributed by atoms with van der Waals surface area (Å²) in [5.74, 6) is 0.137. The molecule has 0 aliphatic rings. The monoisotopic (exact) mass is 401 g/mol. The molecule has 84 valence electrons. The highest BCUT2D eigenvalue weighted by molar-refractivity contribution is 9.11. The van der Waals surface area contributed by atoms with Gasteiger partial charge in [-0.15, -0.1) is 0 Å². The van der Waals surface area contributed by atoms with Crippen LogP contribution in [0.15, 0.2) is 19.5 Å². The van der Waals surface area contributed by atoms with Crippen LogP contribution in [-0.2, 0) is 6.42 Å². The zero-order valence-electron chi connectivity index (χ0n) is 7.67. The highest BCUT2D eigenvalue weighted by Crippen LogP contribution is 2.39. The van der Waals surface area contributed by atoms with Crippen LogP contribution in [0.1, 0.15) is 5.56 Å². The Labute approximate surface area is 113 Å². The minimum Gasteiger partial charge on any atom is -0.506 e. The predicted octanol–water partition coefficient (Wildman–Crippen LogP) is 2.54. The number of rotatable bonds is 3. The van der Waals surface area contributed by atoms with E-state index in [9.17, 15) is 5.11 Å². The molecular weight excluding hydrogens is 394 g/mol. The van der Waals surface area contributed by atoms with E-state index >= 15 is 0 Å². The summed E-state index contributed by atoms with van der Waals surface area (Å²) in [6.07, 6.45) is 0.485. The lowest BCUT2D eigenvalue weighted by Crippen LogP contribution is -2.27. The van der Waals surface area contributed by atoms with Gasteiger partial charge in [-0.3, -0.25) is 0 Å². The normalized spacial score (nSPS) is 12.9. The number of hydrogen-bond acceptors (Lipinski definition) is 3. The highest BCUT2D eigenvalue weighted by atomic mass is 79.9. The van der Waals surface area contributed by atoms with E-state index in [0.717, 1.165) is 10.0 Å². The molecule has 1 rings (SSSR count). The third-order valence-corrected chi connectivity index (χ3v) is 4.11. The number of phenols is 1. The molecule has 1 aromatic rings. The fourth-order valence-electron chi connectivity index (χ4n) is 1.13. The van der Waals surface area contributed by atoms with Gasteiger partial charge in [0.2, 0.25) is 0 Å². The van der Waals surface area contributed by atoms with E-state index in [1.165, 1.54) is 0 Å². The van der Waals surface area contributed by atoms with Crippen molar-refractivity contribution in [3.05, 3.63) is 25.0 Å². The van der Waals surface area contributed by atoms with Gasteiger partial charge in [0.1, 0.15) is 5.75 Å². The molecule has 0 fully saturated rings. The van der Waals surface area contributed by atoms with Crippen LogP contribution in [0.2, 0.25) is 0 Å². The van der Waals surface area contributed by atoms with Gasteiger partial charge in [-0.05, 0) is 49.9 Å². The van der Waals surface area contributed by atoms with Crippen LogP contribution in [0.25, 0.3) is 0 Å². The van der Waals surface area contributed by atoms with E-state index in [4.69, 9.17) is 10.8 Å². The molecule has 6 heteroatoms. The highest BCUT2D eigenvalue weighted by Gasteiger charge is 2.15. The second kappa shape index (κ2) is 5.63. The van der Waals surface area contributed by atoms with Crippen molar-refractivity contribution in [2.24, 2.45) is 5.73 Å². The summed E-state index contributed by atoms with van der Waals surface area (Å²) in [7, 11) is 0. The Kier molecular flexibility index (Phi) is 5.05. The number of hydrogen-bond donors (Lipinski definition) is 3. The quantitative estimate of drug-likeness (QED) is 0.726. The lowest BCUT2D eigenvalue weighted by Gasteiger charge is -2.13. The molecule has 0 aliphatic carbocycles. The fraction of sp³-hybridized carbons (Fsp3) is 0.333. The molecule has 0 spiro atoms. The topological polar surface area (TPSA) is 66.5 Å². The van der Waals surface area contributed by atoms with Crippen LogP contribution in [0.5, 0.6) is 5.75 Å². The summed E-state index contributed by atoms with van der Waals surface area (Å²) in [6, 6.07) is 1.41. The first-order chi connectivity index (χ1) is 6.97. The van der Waals surface area contributed by atoms with Crippen molar-refractivity contribution in [1.82, 2.24) is 0 Å². The smallest absolute Gasteiger partial charge is 0.144 e. The van der Waals surface area contributed by atoms with Gasteiger partial charge in [0, 0.05) is 10.5 Å². The van der Waals surface area contributed by atoms with Crippen molar-refractivity contribution in [3.8, 4) is 5.75 Å². The van der Waals surface area contributed by atoms with E-state index in [1.54, 1.807) is 6.07 Å². The summed E-state index contributed by atoms with van der Waals surface area (Å²) in [6.45, 7) is -0.0876. The van der Waals surface area contributed by atoms with E-state index in [1.807, 2.05) is 0 Å². The Morgan fingerprint density at radius 2 is 1.87 bits per heavy atom. The molecule has 0 saturated heterocycles. The van der Waals surface area contributed by atoms with E-state index in [-0.39, 0.29) is 18.4 Å². The Hall–Kier alpha value is 0.380. The van der Waals surface area contributed by atoms with Crippen molar-refractivity contribution in [2.45, 2.75) is 12.5 Å². The Bertz CT molecular complexity index is 371. The molecular formula is C9H10Br3NO2. The maximum atomic E-state index is 9.68. The minimum atomic E-state index is -0.335. The predicted molar refractivity (Wildman–Crippen MR) is 70.0 cm³/mol. The van der Waals surface area contributed by atoms with Crippen molar-refractivity contribution < 1.29 is 10.2 Å². The standard InChI is InChI=1S/C9H10Br3NO2/c10-6-2-7(11)9(15)8(12)5(6)1-4(13)3-14/h2,4,14-15H,1,3,13H2. The van der Waals surface area contributed by atoms with Crippen molar-refractivity contribution >= 4 is 47.8 Å². The van der Waals surface area contributed by atoms with Crippen molar-refractivity contribution in [3.63, 3.8) is 0 Å². The van der Waals surface area contributed by atoms with Crippen LogP contribution >= 0.6 is 47.8 Å². The van der Waals surface area contributed by atoms with Crippen LogP contribution in [0.4, 0.5) is 0 Å². The van der Waals surface area contributed by atoms with Crippen LogP contribution < -0.4 is 5.73 Å². The molecule has 0 bridgehead atoms. The number of benzene rings is 1. The average Bonchev–Trinajstić information content (AvgIpc) is 2.21. The first-order valence-electron chi connectivity index (χ1n) is 4.19. The van der Waals surface area contributed by atoms with Crippen molar-refractivity contribution in [1.29, 1.82) is 0 Å². The van der Waals surface area contributed by atoms with Crippen LogP contribution in [0, 0.1) is 0 Å². The maximum Gasteiger partial charge on any atom is 0.144 e. The Balaban J connectivity index is 3.12. The summed E-state index contributed by atoms with van der Waals surface area (Å²) < 4.78 is 2.03. The number of phenolic OH excluding ortho intramolecular Hbond substituents is 1. The van der Waals surface area contributed by atoms with Crippen molar-refractivity contribution in [2.75, 3.05) is 6.61 Å². The first-order valence-corrected chi connectivity index (χ1v) is 6.57. The molecule has 0 aliphatic heterocycles. The number of aliphatic hydroxyl groups excluding tert-OH is 1. The molecule has 1 atom stereocenters. The van der Waals surface area contributed by atoms with Crippen LogP contribution in [0.3, 0.4) is 0 Å². The zero-order chi connectivity index (χ0) is 11.6. The van der Waals surface area contributed by atoms with Gasteiger partial charge >= 0.3 is 0 Å². The molecule has 0 aromatic heterocycles. The second-order valence-electron chi connectivity index (χ2n) is 3.13. The molecule has 1 aromatic carbocycles. The molecule has 3 nitrogen and oxygen atoms in total. The van der Waals surface area contributed by atoms with Gasteiger partial charge in [0.15, 0.2) is 0 Å². The molecule has 0 radical (unpaired) electrons. The van der Waals surface area contributed by atoms with E-state index in [2.05, 4.69) is 47.8 Å². The molecule has 0 heterocycles. The third-order valence-electron chi connectivity index (χ3n) is 1.94. The van der Waals surface area contributed by atoms with Gasteiger partial charge in [-0.25, -0.2) is 0 Å². The average molecular weight is 404 g/mol. The van der Waals surface area contributed by atoms with E-state index < -0.39 is 0 Å². The van der Waals surface area contributed by atoms with E-state index in [0.29, 0.717) is 15.4 Å². The molecule has 4 N–H and O–H groups in total. The van der Waals surface area contributed by atoms with Crippen LogP contribution in [-0.4, -0.2) is 22.9 Å². The third kappa shape index (κ3) is 3.17. The lowest BCUT2D eigenvalue weighted by molar-refractivity contribution is 0.265. The zero-order valence-corrected chi connectivity index (χ0v) is 12.4. The van der Waals surface area contributed by atoms with Gasteiger partial charge in [-0.1, -0.05) is 15.9 Å². The number of halogens is 3. The van der Waals surface area contributed by atoms with Gasteiger partial charge < -0.3 is 15.9 Å². The van der Waals surface area contributed by atoms with Gasteiger partial charge in [-0.2, -0.15) is 0 Å². The summed E-state index contributed by atoms with van der Waals surface area (Å²) in [5, 5.41) is 18.6. The first kappa shape index (κ1) is 13.4.